The van der Waals surface area contributed by atoms with Gasteiger partial charge in [0, 0.05) is 29.6 Å². The van der Waals surface area contributed by atoms with Crippen LogP contribution in [-0.4, -0.2) is 41.9 Å². The zero-order chi connectivity index (χ0) is 26.4. The number of anilines is 3. The number of carbonyl (C=O) groups excluding carboxylic acids is 2. The summed E-state index contributed by atoms with van der Waals surface area (Å²) in [5.74, 6) is 0.591. The van der Waals surface area contributed by atoms with E-state index in [1.54, 1.807) is 49.6 Å². The summed E-state index contributed by atoms with van der Waals surface area (Å²) in [5.41, 5.74) is 3.74. The minimum atomic E-state index is -0.686. The second-order valence-electron chi connectivity index (χ2n) is 7.50. The average Bonchev–Trinajstić information content (AvgIpc) is 2.89. The maximum absolute atomic E-state index is 12.6. The zero-order valence-electron chi connectivity index (χ0n) is 19.3. The quantitative estimate of drug-likeness (QED) is 0.192. The SMILES string of the molecule is COc1cccc(NC(=S)N2C(=O)COc3cc(NC(=O)N/N=C/c4ccccc4[N+](=O)[O-])ccc32)c1. The Balaban J connectivity index is 1.43. The topological polar surface area (TPSA) is 147 Å². The molecule has 0 atom stereocenters. The summed E-state index contributed by atoms with van der Waals surface area (Å²) in [6.45, 7) is -0.247. The van der Waals surface area contributed by atoms with E-state index in [2.05, 4.69) is 21.2 Å². The Morgan fingerprint density at radius 3 is 2.70 bits per heavy atom. The first-order chi connectivity index (χ1) is 17.9. The number of benzene rings is 3. The monoisotopic (exact) mass is 520 g/mol. The van der Waals surface area contributed by atoms with Gasteiger partial charge in [0.25, 0.3) is 11.6 Å². The van der Waals surface area contributed by atoms with Gasteiger partial charge in [-0.2, -0.15) is 5.10 Å². The Morgan fingerprint density at radius 2 is 1.92 bits per heavy atom. The molecule has 188 valence electrons. The number of amides is 3. The molecule has 1 aliphatic rings. The molecule has 0 saturated heterocycles. The van der Waals surface area contributed by atoms with Crippen LogP contribution in [0.2, 0.25) is 0 Å². The van der Waals surface area contributed by atoms with Crippen molar-refractivity contribution in [3.63, 3.8) is 0 Å². The normalized spacial score (nSPS) is 12.4. The molecule has 0 radical (unpaired) electrons. The number of carbonyl (C=O) groups is 2. The van der Waals surface area contributed by atoms with E-state index in [9.17, 15) is 19.7 Å². The molecule has 0 unspecified atom stereocenters. The second kappa shape index (κ2) is 11.1. The molecule has 0 aromatic heterocycles. The second-order valence-corrected chi connectivity index (χ2v) is 7.89. The lowest BCUT2D eigenvalue weighted by Gasteiger charge is -2.30. The predicted octanol–water partition coefficient (Wildman–Crippen LogP) is 3.88. The van der Waals surface area contributed by atoms with Crippen LogP contribution < -0.4 is 30.4 Å². The Hall–Kier alpha value is -5.04. The number of hydrazone groups is 1. The van der Waals surface area contributed by atoms with Gasteiger partial charge >= 0.3 is 6.03 Å². The first-order valence-corrected chi connectivity index (χ1v) is 11.1. The number of fused-ring (bicyclic) bond motifs is 1. The van der Waals surface area contributed by atoms with Crippen LogP contribution in [-0.2, 0) is 4.79 Å². The summed E-state index contributed by atoms with van der Waals surface area (Å²) in [5, 5.41) is 20.6. The van der Waals surface area contributed by atoms with Crippen molar-refractivity contribution >= 4 is 58.2 Å². The lowest BCUT2D eigenvalue weighted by molar-refractivity contribution is -0.385. The number of urea groups is 1. The Labute approximate surface area is 216 Å². The summed E-state index contributed by atoms with van der Waals surface area (Å²) < 4.78 is 10.7. The first kappa shape index (κ1) is 25.1. The maximum Gasteiger partial charge on any atom is 0.339 e. The van der Waals surface area contributed by atoms with Crippen LogP contribution in [0.15, 0.2) is 71.8 Å². The highest BCUT2D eigenvalue weighted by atomic mass is 32.1. The number of hydrogen-bond acceptors (Lipinski definition) is 8. The van der Waals surface area contributed by atoms with E-state index in [1.165, 1.54) is 35.4 Å². The highest BCUT2D eigenvalue weighted by Gasteiger charge is 2.29. The minimum absolute atomic E-state index is 0.141. The largest absolute Gasteiger partial charge is 0.497 e. The van der Waals surface area contributed by atoms with Crippen LogP contribution in [0.4, 0.5) is 27.5 Å². The standard InChI is InChI=1S/C24H20N6O6S/c1-35-18-7-4-6-16(11-18)27-24(37)29-20-10-9-17(12-21(20)36-14-22(29)31)26-23(32)28-25-13-15-5-2-3-8-19(15)30(33)34/h2-13H,14H2,1H3,(H,27,37)(H2,26,28,32)/b25-13+. The molecular formula is C24H20N6O6S. The molecule has 3 aromatic rings. The molecule has 0 saturated carbocycles. The summed E-state index contributed by atoms with van der Waals surface area (Å²) in [6, 6.07) is 17.1. The molecule has 13 heteroatoms. The smallest absolute Gasteiger partial charge is 0.339 e. The Kier molecular flexibility index (Phi) is 7.54. The van der Waals surface area contributed by atoms with Crippen LogP contribution in [0.3, 0.4) is 0 Å². The van der Waals surface area contributed by atoms with Crippen molar-refractivity contribution in [2.45, 2.75) is 0 Å². The minimum Gasteiger partial charge on any atom is -0.497 e. The van der Waals surface area contributed by atoms with Crippen molar-refractivity contribution < 1.29 is 24.0 Å². The molecule has 4 rings (SSSR count). The number of rotatable bonds is 6. The first-order valence-electron chi connectivity index (χ1n) is 10.7. The molecule has 12 nitrogen and oxygen atoms in total. The number of nitrogens with one attached hydrogen (secondary N) is 3. The van der Waals surface area contributed by atoms with Crippen LogP contribution in [0.5, 0.6) is 11.5 Å². The van der Waals surface area contributed by atoms with E-state index in [0.29, 0.717) is 28.6 Å². The Bertz CT molecular complexity index is 1410. The highest BCUT2D eigenvalue weighted by molar-refractivity contribution is 7.80. The van der Waals surface area contributed by atoms with Gasteiger partial charge in [0.05, 0.1) is 29.5 Å². The fourth-order valence-corrected chi connectivity index (χ4v) is 3.73. The molecular weight excluding hydrogens is 500 g/mol. The van der Waals surface area contributed by atoms with Crippen LogP contribution in [0.25, 0.3) is 0 Å². The van der Waals surface area contributed by atoms with E-state index in [-0.39, 0.29) is 28.9 Å². The number of nitro groups is 1. The van der Waals surface area contributed by atoms with E-state index in [1.807, 2.05) is 0 Å². The number of nitro benzene ring substituents is 1. The molecule has 0 aliphatic carbocycles. The lowest BCUT2D eigenvalue weighted by atomic mass is 10.2. The van der Waals surface area contributed by atoms with Gasteiger partial charge in [-0.1, -0.05) is 18.2 Å². The maximum atomic E-state index is 12.6. The van der Waals surface area contributed by atoms with Crippen molar-refractivity contribution in [1.29, 1.82) is 0 Å². The van der Waals surface area contributed by atoms with Crippen LogP contribution in [0.1, 0.15) is 5.56 Å². The van der Waals surface area contributed by atoms with Gasteiger partial charge in [-0.3, -0.25) is 19.8 Å². The van der Waals surface area contributed by atoms with Gasteiger partial charge in [-0.15, -0.1) is 0 Å². The van der Waals surface area contributed by atoms with E-state index < -0.39 is 11.0 Å². The lowest BCUT2D eigenvalue weighted by Crippen LogP contribution is -2.45. The summed E-state index contributed by atoms with van der Waals surface area (Å²) in [6.07, 6.45) is 1.17. The zero-order valence-corrected chi connectivity index (χ0v) is 20.2. The molecule has 3 amide bonds. The predicted molar refractivity (Wildman–Crippen MR) is 141 cm³/mol. The fourth-order valence-electron chi connectivity index (χ4n) is 3.42. The van der Waals surface area contributed by atoms with E-state index >= 15 is 0 Å². The fraction of sp³-hybridized carbons (Fsp3) is 0.0833. The van der Waals surface area contributed by atoms with Gasteiger partial charge in [-0.25, -0.2) is 10.2 Å². The molecule has 0 spiro atoms. The van der Waals surface area contributed by atoms with Gasteiger partial charge in [-0.05, 0) is 42.5 Å². The van der Waals surface area contributed by atoms with Crippen LogP contribution >= 0.6 is 12.2 Å². The number of hydrogen-bond donors (Lipinski definition) is 3. The van der Waals surface area contributed by atoms with Crippen LogP contribution in [0, 0.1) is 10.1 Å². The number of nitrogens with zero attached hydrogens (tertiary/aromatic N) is 3. The van der Waals surface area contributed by atoms with Crippen molar-refractivity contribution in [1.82, 2.24) is 5.43 Å². The number of methoxy groups -OCH3 is 1. The van der Waals surface area contributed by atoms with Gasteiger partial charge in [0.15, 0.2) is 11.7 Å². The summed E-state index contributed by atoms with van der Waals surface area (Å²) >= 11 is 5.46. The molecule has 3 N–H and O–H groups in total. The van der Waals surface area contributed by atoms with Crippen molar-refractivity contribution in [3.05, 3.63) is 82.4 Å². The third kappa shape index (κ3) is 5.97. The molecule has 1 heterocycles. The summed E-state index contributed by atoms with van der Waals surface area (Å²) in [4.78, 5) is 36.7. The van der Waals surface area contributed by atoms with Crippen molar-refractivity contribution in [2.75, 3.05) is 29.3 Å². The molecule has 37 heavy (non-hydrogen) atoms. The van der Waals surface area contributed by atoms with Gasteiger partial charge < -0.3 is 20.1 Å². The molecule has 3 aromatic carbocycles. The molecule has 0 fully saturated rings. The third-order valence-electron chi connectivity index (χ3n) is 5.09. The third-order valence-corrected chi connectivity index (χ3v) is 5.37. The molecule has 1 aliphatic heterocycles. The summed E-state index contributed by atoms with van der Waals surface area (Å²) in [7, 11) is 1.55. The molecule has 0 bridgehead atoms. The number of para-hydroxylation sites is 1. The average molecular weight is 521 g/mol. The van der Waals surface area contributed by atoms with Crippen molar-refractivity contribution in [2.24, 2.45) is 5.10 Å². The van der Waals surface area contributed by atoms with E-state index in [0.717, 1.165) is 0 Å². The van der Waals surface area contributed by atoms with E-state index in [4.69, 9.17) is 21.7 Å². The van der Waals surface area contributed by atoms with Gasteiger partial charge in [0.2, 0.25) is 0 Å². The Morgan fingerprint density at radius 1 is 1.14 bits per heavy atom. The van der Waals surface area contributed by atoms with Gasteiger partial charge in [0.1, 0.15) is 11.5 Å². The number of ether oxygens (including phenoxy) is 2. The highest BCUT2D eigenvalue weighted by Crippen LogP contribution is 2.35. The number of thiocarbonyl (C=S) groups is 1. The van der Waals surface area contributed by atoms with Crippen molar-refractivity contribution in [3.8, 4) is 11.5 Å².